The number of nitrogens with one attached hydrogen (secondary N) is 1. The van der Waals surface area contributed by atoms with E-state index in [0.717, 1.165) is 16.7 Å². The van der Waals surface area contributed by atoms with Crippen LogP contribution in [-0.2, 0) is 27.2 Å². The Hall–Kier alpha value is -4.04. The number of nitrogens with zero attached hydrogens (tertiary/aromatic N) is 2. The van der Waals surface area contributed by atoms with Gasteiger partial charge in [-0.25, -0.2) is 5.84 Å². The van der Waals surface area contributed by atoms with Crippen molar-refractivity contribution in [2.75, 3.05) is 11.4 Å². The fourth-order valence-electron chi connectivity index (χ4n) is 4.41. The fraction of sp³-hybridized carbons (Fsp3) is 0.286. The van der Waals surface area contributed by atoms with E-state index >= 15 is 0 Å². The highest BCUT2D eigenvalue weighted by Gasteiger charge is 2.38. The maximum absolute atomic E-state index is 13.9. The number of pyridine rings is 1. The minimum absolute atomic E-state index is 0.209. The second-order valence-electron chi connectivity index (χ2n) is 9.75. The molecule has 0 unspecified atom stereocenters. The van der Waals surface area contributed by atoms with Crippen molar-refractivity contribution in [3.63, 3.8) is 0 Å². The average Bonchev–Trinajstić information content (AvgIpc) is 3.30. The number of anilines is 1. The predicted octanol–water partition coefficient (Wildman–Crippen LogP) is 3.44. The Labute approximate surface area is 210 Å². The normalized spacial score (nSPS) is 13.6. The summed E-state index contributed by atoms with van der Waals surface area (Å²) in [5.74, 6) is 3.05. The third-order valence-corrected chi connectivity index (χ3v) is 6.03. The van der Waals surface area contributed by atoms with E-state index in [9.17, 15) is 14.4 Å². The number of benzene rings is 2. The molecule has 8 heteroatoms. The molecule has 0 saturated heterocycles. The van der Waals surface area contributed by atoms with Gasteiger partial charge in [-0.15, -0.1) is 0 Å². The van der Waals surface area contributed by atoms with Gasteiger partial charge >= 0.3 is 5.97 Å². The highest BCUT2D eigenvalue weighted by Crippen LogP contribution is 2.37. The number of esters is 1. The summed E-state index contributed by atoms with van der Waals surface area (Å²) in [5, 5.41) is 0. The molecule has 1 aliphatic rings. The molecule has 1 atom stereocenters. The molecule has 0 aliphatic carbocycles. The summed E-state index contributed by atoms with van der Waals surface area (Å²) in [5.41, 5.74) is 5.61. The predicted molar refractivity (Wildman–Crippen MR) is 137 cm³/mol. The molecule has 2 heterocycles. The molecule has 36 heavy (non-hydrogen) atoms. The highest BCUT2D eigenvalue weighted by molar-refractivity contribution is 6.09. The lowest BCUT2D eigenvalue weighted by Gasteiger charge is -2.27. The summed E-state index contributed by atoms with van der Waals surface area (Å²) < 4.78 is 5.64. The number of nitrogen functional groups attached to an aromatic ring is 1. The first-order chi connectivity index (χ1) is 17.2. The Balaban J connectivity index is 1.76. The molecule has 2 amide bonds. The molecule has 0 spiro atoms. The van der Waals surface area contributed by atoms with Crippen LogP contribution in [0.15, 0.2) is 67.0 Å². The van der Waals surface area contributed by atoms with Crippen LogP contribution in [0.5, 0.6) is 0 Å². The molecule has 3 N–H and O–H groups in total. The quantitative estimate of drug-likeness (QED) is 0.181. The van der Waals surface area contributed by atoms with Gasteiger partial charge in [-0.1, -0.05) is 30.3 Å². The third kappa shape index (κ3) is 5.44. The first-order valence-electron chi connectivity index (χ1n) is 11.8. The fourth-order valence-corrected chi connectivity index (χ4v) is 4.41. The molecule has 3 aromatic rings. The van der Waals surface area contributed by atoms with E-state index in [1.165, 1.54) is 0 Å². The number of rotatable bonds is 6. The van der Waals surface area contributed by atoms with Crippen LogP contribution in [0, 0.1) is 5.92 Å². The van der Waals surface area contributed by atoms with Crippen molar-refractivity contribution >= 4 is 23.5 Å². The molecule has 1 aromatic heterocycles. The first kappa shape index (κ1) is 25.1. The molecule has 0 saturated carbocycles. The zero-order chi connectivity index (χ0) is 25.9. The highest BCUT2D eigenvalue weighted by atomic mass is 16.6. The number of hydrazine groups is 1. The molecular formula is C28H30N4O4. The molecule has 0 bridgehead atoms. The van der Waals surface area contributed by atoms with Gasteiger partial charge in [-0.05, 0) is 80.1 Å². The van der Waals surface area contributed by atoms with Crippen molar-refractivity contribution in [1.29, 1.82) is 0 Å². The molecule has 0 fully saturated rings. The van der Waals surface area contributed by atoms with Gasteiger partial charge in [-0.3, -0.25) is 24.8 Å². The zero-order valence-corrected chi connectivity index (χ0v) is 20.7. The van der Waals surface area contributed by atoms with E-state index in [0.29, 0.717) is 29.8 Å². The Morgan fingerprint density at radius 2 is 1.75 bits per heavy atom. The molecule has 1 aliphatic heterocycles. The summed E-state index contributed by atoms with van der Waals surface area (Å²) in [6.07, 6.45) is 3.99. The van der Waals surface area contributed by atoms with Crippen molar-refractivity contribution in [3.05, 3.63) is 83.7 Å². The van der Waals surface area contributed by atoms with Crippen molar-refractivity contribution in [1.82, 2.24) is 10.4 Å². The summed E-state index contributed by atoms with van der Waals surface area (Å²) in [6.45, 7) is 5.67. The molecule has 8 nitrogen and oxygen atoms in total. The maximum atomic E-state index is 13.9. The van der Waals surface area contributed by atoms with Crippen LogP contribution in [0.3, 0.4) is 0 Å². The van der Waals surface area contributed by atoms with Crippen LogP contribution >= 0.6 is 0 Å². The molecule has 4 rings (SSSR count). The average molecular weight is 487 g/mol. The van der Waals surface area contributed by atoms with Gasteiger partial charge in [0, 0.05) is 30.2 Å². The number of carbonyl (C=O) groups is 3. The number of nitrogens with two attached hydrogens (primary N) is 1. The van der Waals surface area contributed by atoms with E-state index in [2.05, 4.69) is 10.4 Å². The smallest absolute Gasteiger partial charge is 0.319 e. The Kier molecular flexibility index (Phi) is 7.17. The van der Waals surface area contributed by atoms with Gasteiger partial charge < -0.3 is 9.64 Å². The van der Waals surface area contributed by atoms with E-state index in [-0.39, 0.29) is 12.3 Å². The Bertz CT molecular complexity index is 1270. The topological polar surface area (TPSA) is 115 Å². The molecule has 186 valence electrons. The van der Waals surface area contributed by atoms with Gasteiger partial charge in [0.2, 0.25) is 5.91 Å². The van der Waals surface area contributed by atoms with Crippen LogP contribution in [0.2, 0.25) is 0 Å². The second kappa shape index (κ2) is 10.3. The standard InChI is InChI=1S/C28H30N4O4/c1-28(2,3)36-27(35)23(15-18-7-5-4-6-8-18)26(34)32-14-11-21-22(25(33)31-29)16-20(17-24(21)32)19-9-12-30-13-10-19/h4-10,12-13,16-17,23H,11,14-15,29H2,1-3H3,(H,31,33)/t23-/m0/s1. The van der Waals surface area contributed by atoms with Gasteiger partial charge in [0.1, 0.15) is 11.5 Å². The van der Waals surface area contributed by atoms with Crippen LogP contribution in [0.4, 0.5) is 5.69 Å². The van der Waals surface area contributed by atoms with Crippen LogP contribution in [-0.4, -0.2) is 34.9 Å². The first-order valence-corrected chi connectivity index (χ1v) is 11.8. The van der Waals surface area contributed by atoms with Crippen molar-refractivity contribution in [2.24, 2.45) is 11.8 Å². The van der Waals surface area contributed by atoms with Gasteiger partial charge in [0.25, 0.3) is 5.91 Å². The minimum atomic E-state index is -1.03. The van der Waals surface area contributed by atoms with Gasteiger partial charge in [0.05, 0.1) is 0 Å². The maximum Gasteiger partial charge on any atom is 0.319 e. The number of ether oxygens (including phenoxy) is 1. The summed E-state index contributed by atoms with van der Waals surface area (Å²) in [4.78, 5) is 45.4. The van der Waals surface area contributed by atoms with E-state index in [1.54, 1.807) is 44.1 Å². The number of fused-ring (bicyclic) bond motifs is 1. The number of hydrogen-bond donors (Lipinski definition) is 2. The Morgan fingerprint density at radius 3 is 2.39 bits per heavy atom. The van der Waals surface area contributed by atoms with E-state index in [4.69, 9.17) is 10.6 Å². The molecular weight excluding hydrogens is 456 g/mol. The van der Waals surface area contributed by atoms with Crippen LogP contribution in [0.25, 0.3) is 11.1 Å². The number of carbonyl (C=O) groups excluding carboxylic acids is 3. The van der Waals surface area contributed by atoms with E-state index in [1.807, 2.05) is 48.5 Å². The van der Waals surface area contributed by atoms with Crippen LogP contribution < -0.4 is 16.2 Å². The van der Waals surface area contributed by atoms with Crippen LogP contribution in [0.1, 0.15) is 42.3 Å². The summed E-state index contributed by atoms with van der Waals surface area (Å²) in [6, 6.07) is 16.7. The lowest BCUT2D eigenvalue weighted by molar-refractivity contribution is -0.162. The monoisotopic (exact) mass is 486 g/mol. The van der Waals surface area contributed by atoms with E-state index < -0.39 is 23.4 Å². The summed E-state index contributed by atoms with van der Waals surface area (Å²) in [7, 11) is 0. The zero-order valence-electron chi connectivity index (χ0n) is 20.7. The van der Waals surface area contributed by atoms with Gasteiger partial charge in [-0.2, -0.15) is 0 Å². The third-order valence-electron chi connectivity index (χ3n) is 6.03. The van der Waals surface area contributed by atoms with Crippen molar-refractivity contribution in [3.8, 4) is 11.1 Å². The molecule has 2 aromatic carbocycles. The Morgan fingerprint density at radius 1 is 1.06 bits per heavy atom. The number of amides is 2. The summed E-state index contributed by atoms with van der Waals surface area (Å²) >= 11 is 0. The number of aromatic nitrogens is 1. The minimum Gasteiger partial charge on any atom is -0.459 e. The van der Waals surface area contributed by atoms with Crippen molar-refractivity contribution < 1.29 is 19.1 Å². The SMILES string of the molecule is CC(C)(C)OC(=O)[C@@H](Cc1ccccc1)C(=O)N1CCc2c(C(=O)NN)cc(-c3ccncc3)cc21. The van der Waals surface area contributed by atoms with Gasteiger partial charge in [0.15, 0.2) is 0 Å². The largest absolute Gasteiger partial charge is 0.459 e. The number of hydrogen-bond acceptors (Lipinski definition) is 6. The van der Waals surface area contributed by atoms with Crippen molar-refractivity contribution in [2.45, 2.75) is 39.2 Å². The lowest BCUT2D eigenvalue weighted by Crippen LogP contribution is -2.42. The molecule has 0 radical (unpaired) electrons. The second-order valence-corrected chi connectivity index (χ2v) is 9.75. The lowest BCUT2D eigenvalue weighted by atomic mass is 9.96.